The molecule has 2 heteroatoms. The van der Waals surface area contributed by atoms with Crippen molar-refractivity contribution in [3.05, 3.63) is 22.8 Å². The van der Waals surface area contributed by atoms with Gasteiger partial charge in [-0.3, -0.25) is 0 Å². The monoisotopic (exact) mass is 222 g/mol. The largest absolute Gasteiger partial charge is 0.368 e. The second kappa shape index (κ2) is 4.01. The second-order valence-corrected chi connectivity index (χ2v) is 5.63. The minimum atomic E-state index is 0.132. The van der Waals surface area contributed by atoms with E-state index < -0.39 is 0 Å². The van der Waals surface area contributed by atoms with Gasteiger partial charge in [0.1, 0.15) is 12.2 Å². The Hall–Kier alpha value is -0.600. The molecule has 0 aromatic rings. The van der Waals surface area contributed by atoms with Crippen molar-refractivity contribution in [2.45, 2.75) is 46.8 Å². The average Bonchev–Trinajstić information content (AvgIpc) is 2.51. The minimum Gasteiger partial charge on any atom is -0.368 e. The van der Waals surface area contributed by atoms with Crippen LogP contribution in [0.1, 0.15) is 34.6 Å². The Morgan fingerprint density at radius 2 is 1.69 bits per heavy atom. The van der Waals surface area contributed by atoms with Crippen LogP contribution in [0.4, 0.5) is 0 Å². The lowest BCUT2D eigenvalue weighted by molar-refractivity contribution is -0.104. The van der Waals surface area contributed by atoms with Crippen LogP contribution in [0.5, 0.6) is 0 Å². The van der Waals surface area contributed by atoms with E-state index in [9.17, 15) is 0 Å². The zero-order valence-corrected chi connectivity index (χ0v) is 11.0. The van der Waals surface area contributed by atoms with Gasteiger partial charge in [0.2, 0.25) is 0 Å². The highest BCUT2D eigenvalue weighted by Gasteiger charge is 2.43. The van der Waals surface area contributed by atoms with Gasteiger partial charge in [0.25, 0.3) is 0 Å². The molecule has 1 aliphatic heterocycles. The fourth-order valence-electron chi connectivity index (χ4n) is 2.98. The third-order valence-electron chi connectivity index (χ3n) is 3.43. The van der Waals surface area contributed by atoms with E-state index >= 15 is 0 Å². The molecule has 0 aromatic heterocycles. The predicted octanol–water partition coefficient (Wildman–Crippen LogP) is 3.09. The van der Waals surface area contributed by atoms with E-state index in [1.54, 1.807) is 0 Å². The SMILES string of the molecule is C/C=C1/C(C(C)(C)C)=C(C)[C@H]2OCCO[C@@H]12. The normalized spacial score (nSPS) is 33.4. The first kappa shape index (κ1) is 11.9. The molecule has 16 heavy (non-hydrogen) atoms. The number of hydrogen-bond donors (Lipinski definition) is 0. The third kappa shape index (κ3) is 1.74. The molecular formula is C14H22O2. The van der Waals surface area contributed by atoms with E-state index in [-0.39, 0.29) is 17.6 Å². The van der Waals surface area contributed by atoms with Crippen molar-refractivity contribution in [1.29, 1.82) is 0 Å². The van der Waals surface area contributed by atoms with Crippen molar-refractivity contribution < 1.29 is 9.47 Å². The molecule has 2 aliphatic rings. The molecule has 2 atom stereocenters. The molecule has 0 spiro atoms. The summed E-state index contributed by atoms with van der Waals surface area (Å²) in [6.07, 6.45) is 2.46. The molecule has 0 unspecified atom stereocenters. The third-order valence-corrected chi connectivity index (χ3v) is 3.43. The van der Waals surface area contributed by atoms with E-state index in [0.29, 0.717) is 13.2 Å². The van der Waals surface area contributed by atoms with Gasteiger partial charge in [-0.15, -0.1) is 0 Å². The van der Waals surface area contributed by atoms with E-state index in [4.69, 9.17) is 9.47 Å². The summed E-state index contributed by atoms with van der Waals surface area (Å²) in [5, 5.41) is 0. The summed E-state index contributed by atoms with van der Waals surface area (Å²) in [5.41, 5.74) is 4.27. The van der Waals surface area contributed by atoms with Crippen LogP contribution in [0.3, 0.4) is 0 Å². The highest BCUT2D eigenvalue weighted by molar-refractivity contribution is 5.50. The summed E-state index contributed by atoms with van der Waals surface area (Å²) in [5.74, 6) is 0. The summed E-state index contributed by atoms with van der Waals surface area (Å²) >= 11 is 0. The van der Waals surface area contributed by atoms with Crippen LogP contribution in [-0.2, 0) is 9.47 Å². The van der Waals surface area contributed by atoms with Gasteiger partial charge in [-0.1, -0.05) is 26.8 Å². The average molecular weight is 222 g/mol. The van der Waals surface area contributed by atoms with E-state index in [2.05, 4.69) is 40.7 Å². The lowest BCUT2D eigenvalue weighted by Gasteiger charge is -2.29. The Morgan fingerprint density at radius 1 is 1.12 bits per heavy atom. The molecule has 1 saturated heterocycles. The first-order valence-corrected chi connectivity index (χ1v) is 6.08. The molecule has 2 rings (SSSR count). The number of hydrogen-bond acceptors (Lipinski definition) is 2. The number of allylic oxidation sites excluding steroid dienone is 1. The standard InChI is InChI=1S/C14H22O2/c1-6-10-11(14(3,4)5)9(2)12-13(10)16-8-7-15-12/h6,12-13H,7-8H2,1-5H3/b10-6-/t12-,13+/m1/s1. The van der Waals surface area contributed by atoms with Crippen LogP contribution in [0.25, 0.3) is 0 Å². The van der Waals surface area contributed by atoms with Crippen molar-refractivity contribution in [3.8, 4) is 0 Å². The first-order valence-electron chi connectivity index (χ1n) is 6.08. The quantitative estimate of drug-likeness (QED) is 0.627. The molecular weight excluding hydrogens is 200 g/mol. The molecule has 2 nitrogen and oxygen atoms in total. The Kier molecular flexibility index (Phi) is 2.97. The van der Waals surface area contributed by atoms with Crippen molar-refractivity contribution in [3.63, 3.8) is 0 Å². The smallest absolute Gasteiger partial charge is 0.113 e. The van der Waals surface area contributed by atoms with Crippen molar-refractivity contribution in [1.82, 2.24) is 0 Å². The second-order valence-electron chi connectivity index (χ2n) is 5.63. The number of ether oxygens (including phenoxy) is 2. The molecule has 1 aliphatic carbocycles. The summed E-state index contributed by atoms with van der Waals surface area (Å²) in [6.45, 7) is 12.5. The summed E-state index contributed by atoms with van der Waals surface area (Å²) < 4.78 is 11.7. The zero-order valence-electron chi connectivity index (χ0n) is 11.0. The Labute approximate surface area is 98.3 Å². The maximum absolute atomic E-state index is 5.87. The van der Waals surface area contributed by atoms with Crippen LogP contribution in [0.15, 0.2) is 22.8 Å². The topological polar surface area (TPSA) is 18.5 Å². The Morgan fingerprint density at radius 3 is 2.19 bits per heavy atom. The van der Waals surface area contributed by atoms with Gasteiger partial charge in [0.05, 0.1) is 13.2 Å². The first-order chi connectivity index (χ1) is 7.46. The molecule has 0 bridgehead atoms. The van der Waals surface area contributed by atoms with Gasteiger partial charge in [-0.05, 0) is 36.0 Å². The molecule has 0 saturated carbocycles. The molecule has 1 fully saturated rings. The molecule has 1 heterocycles. The maximum atomic E-state index is 5.87. The van der Waals surface area contributed by atoms with Crippen LogP contribution >= 0.6 is 0 Å². The summed E-state index contributed by atoms with van der Waals surface area (Å²) in [6, 6.07) is 0. The van der Waals surface area contributed by atoms with Crippen LogP contribution < -0.4 is 0 Å². The van der Waals surface area contributed by atoms with Gasteiger partial charge >= 0.3 is 0 Å². The lowest BCUT2D eigenvalue weighted by atomic mass is 9.81. The summed E-state index contributed by atoms with van der Waals surface area (Å²) in [7, 11) is 0. The zero-order chi connectivity index (χ0) is 11.9. The Balaban J connectivity index is 2.44. The molecule has 90 valence electrons. The van der Waals surface area contributed by atoms with Gasteiger partial charge in [0.15, 0.2) is 0 Å². The number of fused-ring (bicyclic) bond motifs is 1. The predicted molar refractivity (Wildman–Crippen MR) is 65.4 cm³/mol. The number of rotatable bonds is 0. The fraction of sp³-hybridized carbons (Fsp3) is 0.714. The van der Waals surface area contributed by atoms with E-state index in [1.807, 2.05) is 0 Å². The molecule has 0 N–H and O–H groups in total. The van der Waals surface area contributed by atoms with Gasteiger partial charge in [0, 0.05) is 0 Å². The highest BCUT2D eigenvalue weighted by atomic mass is 16.6. The van der Waals surface area contributed by atoms with Crippen molar-refractivity contribution >= 4 is 0 Å². The summed E-state index contributed by atoms with van der Waals surface area (Å²) in [4.78, 5) is 0. The van der Waals surface area contributed by atoms with Crippen LogP contribution in [0.2, 0.25) is 0 Å². The van der Waals surface area contributed by atoms with Gasteiger partial charge < -0.3 is 9.47 Å². The van der Waals surface area contributed by atoms with Gasteiger partial charge in [-0.25, -0.2) is 0 Å². The van der Waals surface area contributed by atoms with Crippen molar-refractivity contribution in [2.24, 2.45) is 5.41 Å². The van der Waals surface area contributed by atoms with Gasteiger partial charge in [-0.2, -0.15) is 0 Å². The Bertz CT molecular complexity index is 344. The lowest BCUT2D eigenvalue weighted by Crippen LogP contribution is -2.36. The highest BCUT2D eigenvalue weighted by Crippen LogP contribution is 2.45. The minimum absolute atomic E-state index is 0.132. The van der Waals surface area contributed by atoms with Crippen molar-refractivity contribution in [2.75, 3.05) is 13.2 Å². The molecule has 0 radical (unpaired) electrons. The maximum Gasteiger partial charge on any atom is 0.113 e. The van der Waals surface area contributed by atoms with Crippen LogP contribution in [0, 0.1) is 5.41 Å². The van der Waals surface area contributed by atoms with E-state index in [1.165, 1.54) is 16.7 Å². The molecule has 0 aromatic carbocycles. The van der Waals surface area contributed by atoms with E-state index in [0.717, 1.165) is 0 Å². The fourth-order valence-corrected chi connectivity index (χ4v) is 2.98. The molecule has 0 amide bonds. The van der Waals surface area contributed by atoms with Crippen LogP contribution in [-0.4, -0.2) is 25.4 Å².